The third-order valence-corrected chi connectivity index (χ3v) is 4.05. The fraction of sp³-hybridized carbons (Fsp3) is 0.429. The van der Waals surface area contributed by atoms with Crippen molar-refractivity contribution in [1.82, 2.24) is 15.5 Å². The van der Waals surface area contributed by atoms with Crippen LogP contribution in [-0.2, 0) is 12.2 Å². The van der Waals surface area contributed by atoms with Crippen LogP contribution in [0.15, 0.2) is 33.7 Å². The van der Waals surface area contributed by atoms with Crippen LogP contribution in [0.3, 0.4) is 0 Å². The van der Waals surface area contributed by atoms with E-state index in [2.05, 4.69) is 15.5 Å². The van der Waals surface area contributed by atoms with Gasteiger partial charge in [-0.05, 0) is 37.1 Å². The van der Waals surface area contributed by atoms with Gasteiger partial charge >= 0.3 is 0 Å². The Balaban J connectivity index is 1.45. The molecule has 6 heteroatoms. The molecule has 0 atom stereocenters. The SMILES string of the molecule is Fc1ccc(SCc2noc(CCNC3CC3)n2)cc1. The molecule has 4 nitrogen and oxygen atoms in total. The summed E-state index contributed by atoms with van der Waals surface area (Å²) in [7, 11) is 0. The van der Waals surface area contributed by atoms with E-state index >= 15 is 0 Å². The summed E-state index contributed by atoms with van der Waals surface area (Å²) in [5, 5.41) is 7.36. The fourth-order valence-corrected chi connectivity index (χ4v) is 2.54. The first-order chi connectivity index (χ1) is 9.79. The number of hydrogen-bond acceptors (Lipinski definition) is 5. The summed E-state index contributed by atoms with van der Waals surface area (Å²) in [6.45, 7) is 0.886. The van der Waals surface area contributed by atoms with Crippen molar-refractivity contribution in [3.8, 4) is 0 Å². The van der Waals surface area contributed by atoms with E-state index in [-0.39, 0.29) is 5.82 Å². The maximum Gasteiger partial charge on any atom is 0.227 e. The molecule has 0 saturated heterocycles. The largest absolute Gasteiger partial charge is 0.339 e. The summed E-state index contributed by atoms with van der Waals surface area (Å²) in [5.41, 5.74) is 0. The molecule has 0 bridgehead atoms. The van der Waals surface area contributed by atoms with Crippen molar-refractivity contribution in [3.63, 3.8) is 0 Å². The van der Waals surface area contributed by atoms with Gasteiger partial charge in [0.25, 0.3) is 0 Å². The molecule has 1 aromatic heterocycles. The molecular formula is C14H16FN3OS. The fourth-order valence-electron chi connectivity index (χ4n) is 1.80. The van der Waals surface area contributed by atoms with Gasteiger partial charge in [0.2, 0.25) is 5.89 Å². The summed E-state index contributed by atoms with van der Waals surface area (Å²) < 4.78 is 18.0. The molecule has 0 radical (unpaired) electrons. The van der Waals surface area contributed by atoms with Crippen LogP contribution in [0.4, 0.5) is 4.39 Å². The van der Waals surface area contributed by atoms with E-state index in [9.17, 15) is 4.39 Å². The molecule has 106 valence electrons. The van der Waals surface area contributed by atoms with Gasteiger partial charge in [-0.1, -0.05) is 5.16 Å². The third kappa shape index (κ3) is 4.05. The van der Waals surface area contributed by atoms with Gasteiger partial charge in [0, 0.05) is 23.9 Å². The maximum absolute atomic E-state index is 12.8. The smallest absolute Gasteiger partial charge is 0.227 e. The number of nitrogens with one attached hydrogen (secondary N) is 1. The van der Waals surface area contributed by atoms with Gasteiger partial charge < -0.3 is 9.84 Å². The molecule has 1 saturated carbocycles. The van der Waals surface area contributed by atoms with Crippen LogP contribution in [0.5, 0.6) is 0 Å². The Morgan fingerprint density at radius 3 is 2.85 bits per heavy atom. The van der Waals surface area contributed by atoms with E-state index in [1.807, 2.05) is 0 Å². The van der Waals surface area contributed by atoms with Crippen molar-refractivity contribution in [2.45, 2.75) is 36.0 Å². The van der Waals surface area contributed by atoms with Crippen LogP contribution in [0.25, 0.3) is 0 Å². The van der Waals surface area contributed by atoms with E-state index in [1.165, 1.54) is 25.0 Å². The van der Waals surface area contributed by atoms with E-state index < -0.39 is 0 Å². The molecule has 1 fully saturated rings. The Labute approximate surface area is 121 Å². The molecule has 2 aromatic rings. The van der Waals surface area contributed by atoms with Crippen LogP contribution >= 0.6 is 11.8 Å². The van der Waals surface area contributed by atoms with Gasteiger partial charge in [-0.3, -0.25) is 0 Å². The molecule has 1 heterocycles. The topological polar surface area (TPSA) is 51.0 Å². The molecule has 0 spiro atoms. The molecule has 1 aromatic carbocycles. The normalized spacial score (nSPS) is 14.7. The average molecular weight is 293 g/mol. The number of nitrogens with zero attached hydrogens (tertiary/aromatic N) is 2. The van der Waals surface area contributed by atoms with Gasteiger partial charge in [-0.2, -0.15) is 4.98 Å². The predicted molar refractivity (Wildman–Crippen MR) is 75.0 cm³/mol. The number of aromatic nitrogens is 2. The van der Waals surface area contributed by atoms with Gasteiger partial charge in [0.15, 0.2) is 5.82 Å². The van der Waals surface area contributed by atoms with Crippen molar-refractivity contribution in [1.29, 1.82) is 0 Å². The van der Waals surface area contributed by atoms with Crippen LogP contribution in [0.2, 0.25) is 0 Å². The van der Waals surface area contributed by atoms with E-state index in [0.29, 0.717) is 23.5 Å². The number of rotatable bonds is 7. The molecule has 20 heavy (non-hydrogen) atoms. The molecule has 3 rings (SSSR count). The van der Waals surface area contributed by atoms with Gasteiger partial charge in [-0.15, -0.1) is 11.8 Å². The lowest BCUT2D eigenvalue weighted by Crippen LogP contribution is -2.19. The van der Waals surface area contributed by atoms with Crippen LogP contribution in [0, 0.1) is 5.82 Å². The molecule has 1 N–H and O–H groups in total. The minimum Gasteiger partial charge on any atom is -0.339 e. The van der Waals surface area contributed by atoms with Crippen molar-refractivity contribution >= 4 is 11.8 Å². The van der Waals surface area contributed by atoms with Crippen molar-refractivity contribution in [2.24, 2.45) is 0 Å². The van der Waals surface area contributed by atoms with Crippen molar-refractivity contribution in [2.75, 3.05) is 6.54 Å². The Morgan fingerprint density at radius 2 is 2.10 bits per heavy atom. The highest BCUT2D eigenvalue weighted by atomic mass is 32.2. The second-order valence-corrected chi connectivity index (χ2v) is 5.87. The molecule has 1 aliphatic rings. The summed E-state index contributed by atoms with van der Waals surface area (Å²) in [6, 6.07) is 7.11. The highest BCUT2D eigenvalue weighted by Crippen LogP contribution is 2.22. The molecule has 0 unspecified atom stereocenters. The highest BCUT2D eigenvalue weighted by molar-refractivity contribution is 7.98. The Morgan fingerprint density at radius 1 is 1.30 bits per heavy atom. The minimum absolute atomic E-state index is 0.223. The second-order valence-electron chi connectivity index (χ2n) is 4.83. The van der Waals surface area contributed by atoms with Crippen LogP contribution in [0.1, 0.15) is 24.6 Å². The maximum atomic E-state index is 12.8. The Hall–Kier alpha value is -1.40. The first kappa shape index (κ1) is 13.6. The minimum atomic E-state index is -0.223. The number of halogens is 1. The van der Waals surface area contributed by atoms with Crippen molar-refractivity contribution < 1.29 is 8.91 Å². The van der Waals surface area contributed by atoms with E-state index in [1.54, 1.807) is 23.9 Å². The zero-order valence-electron chi connectivity index (χ0n) is 11.0. The Bertz CT molecular complexity index is 554. The lowest BCUT2D eigenvalue weighted by Gasteiger charge is -1.98. The van der Waals surface area contributed by atoms with Crippen molar-refractivity contribution in [3.05, 3.63) is 41.8 Å². The molecule has 0 aliphatic heterocycles. The average Bonchev–Trinajstić information content (AvgIpc) is 3.16. The van der Waals surface area contributed by atoms with E-state index in [4.69, 9.17) is 4.52 Å². The molecular weight excluding hydrogens is 277 g/mol. The summed E-state index contributed by atoms with van der Waals surface area (Å²) in [6.07, 6.45) is 3.33. The quantitative estimate of drug-likeness (QED) is 0.796. The summed E-state index contributed by atoms with van der Waals surface area (Å²) in [4.78, 5) is 5.34. The zero-order valence-corrected chi connectivity index (χ0v) is 11.8. The standard InChI is InChI=1S/C14H16FN3OS/c15-10-1-5-12(6-2-10)20-9-13-17-14(19-18-13)7-8-16-11-3-4-11/h1-2,5-6,11,16H,3-4,7-9H2. The number of hydrogen-bond donors (Lipinski definition) is 1. The monoisotopic (exact) mass is 293 g/mol. The number of thioether (sulfide) groups is 1. The first-order valence-electron chi connectivity index (χ1n) is 6.73. The van der Waals surface area contributed by atoms with Gasteiger partial charge in [-0.25, -0.2) is 4.39 Å². The summed E-state index contributed by atoms with van der Waals surface area (Å²) in [5.74, 6) is 1.76. The molecule has 1 aliphatic carbocycles. The lowest BCUT2D eigenvalue weighted by molar-refractivity contribution is 0.372. The summed E-state index contributed by atoms with van der Waals surface area (Å²) >= 11 is 1.57. The van der Waals surface area contributed by atoms with Gasteiger partial charge in [0.05, 0.1) is 5.75 Å². The van der Waals surface area contributed by atoms with E-state index in [0.717, 1.165) is 17.9 Å². The zero-order chi connectivity index (χ0) is 13.8. The highest BCUT2D eigenvalue weighted by Gasteiger charge is 2.20. The third-order valence-electron chi connectivity index (χ3n) is 3.04. The Kier molecular flexibility index (Phi) is 4.32. The molecule has 0 amide bonds. The van der Waals surface area contributed by atoms with Crippen LogP contribution in [-0.4, -0.2) is 22.7 Å². The van der Waals surface area contributed by atoms with Gasteiger partial charge in [0.1, 0.15) is 5.82 Å². The van der Waals surface area contributed by atoms with Crippen LogP contribution < -0.4 is 5.32 Å². The lowest BCUT2D eigenvalue weighted by atomic mass is 10.4. The number of benzene rings is 1. The second kappa shape index (κ2) is 6.37. The first-order valence-corrected chi connectivity index (χ1v) is 7.71. The predicted octanol–water partition coefficient (Wildman–Crippen LogP) is 2.80.